The van der Waals surface area contributed by atoms with E-state index in [9.17, 15) is 9.90 Å². The van der Waals surface area contributed by atoms with E-state index in [1.165, 1.54) is 16.8 Å². The Morgan fingerprint density at radius 3 is 2.63 bits per heavy atom. The monoisotopic (exact) mass is 474 g/mol. The van der Waals surface area contributed by atoms with E-state index in [4.69, 9.17) is 4.74 Å². The fraction of sp³-hybridized carbons (Fsp3) is 0.567. The summed E-state index contributed by atoms with van der Waals surface area (Å²) in [6.45, 7) is 8.63. The van der Waals surface area contributed by atoms with Crippen molar-refractivity contribution in [1.29, 1.82) is 0 Å². The van der Waals surface area contributed by atoms with Crippen molar-refractivity contribution in [2.45, 2.75) is 89.2 Å². The van der Waals surface area contributed by atoms with Crippen molar-refractivity contribution in [3.8, 4) is 5.75 Å². The molecule has 5 heteroatoms. The summed E-state index contributed by atoms with van der Waals surface area (Å²) in [4.78, 5) is 16.0. The number of anilines is 2. The summed E-state index contributed by atoms with van der Waals surface area (Å²) in [6, 6.07) is 13.2. The van der Waals surface area contributed by atoms with Gasteiger partial charge in [-0.1, -0.05) is 32.9 Å². The fourth-order valence-corrected chi connectivity index (χ4v) is 6.10. The Labute approximate surface area is 208 Å². The maximum absolute atomic E-state index is 13.4. The molecule has 0 aromatic heterocycles. The highest BCUT2D eigenvalue weighted by atomic mass is 16.5. The first kappa shape index (κ1) is 22.9. The number of aliphatic hydroxyl groups is 1. The molecule has 1 unspecified atom stereocenters. The van der Waals surface area contributed by atoms with Crippen LogP contribution in [0.3, 0.4) is 0 Å². The molecule has 186 valence electrons. The van der Waals surface area contributed by atoms with Gasteiger partial charge in [0.25, 0.3) is 0 Å². The van der Waals surface area contributed by atoms with Crippen LogP contribution in [0.25, 0.3) is 0 Å². The number of fused-ring (bicyclic) bond motifs is 2. The van der Waals surface area contributed by atoms with Crippen LogP contribution in [0.5, 0.6) is 5.75 Å². The Balaban J connectivity index is 1.19. The molecule has 2 aromatic rings. The first-order valence-corrected chi connectivity index (χ1v) is 13.4. The Morgan fingerprint density at radius 1 is 1.11 bits per heavy atom. The van der Waals surface area contributed by atoms with E-state index in [-0.39, 0.29) is 11.3 Å². The average molecular weight is 475 g/mol. The van der Waals surface area contributed by atoms with Gasteiger partial charge in [0.15, 0.2) is 0 Å². The molecule has 2 aliphatic carbocycles. The second kappa shape index (κ2) is 7.99. The normalized spacial score (nSPS) is 22.9. The Kier molecular flexibility index (Phi) is 5.23. The lowest BCUT2D eigenvalue weighted by molar-refractivity contribution is -0.118. The molecule has 6 rings (SSSR count). The predicted octanol–water partition coefficient (Wildman–Crippen LogP) is 5.37. The van der Waals surface area contributed by atoms with E-state index in [0.29, 0.717) is 6.04 Å². The fourth-order valence-electron chi connectivity index (χ4n) is 6.10. The lowest BCUT2D eigenvalue weighted by Gasteiger charge is -2.37. The number of hydrogen-bond acceptors (Lipinski definition) is 4. The van der Waals surface area contributed by atoms with Gasteiger partial charge in [-0.3, -0.25) is 4.79 Å². The first-order chi connectivity index (χ1) is 16.7. The molecule has 2 fully saturated rings. The zero-order valence-electron chi connectivity index (χ0n) is 21.3. The van der Waals surface area contributed by atoms with Crippen molar-refractivity contribution in [2.75, 3.05) is 23.4 Å². The number of benzene rings is 2. The van der Waals surface area contributed by atoms with Crippen LogP contribution >= 0.6 is 0 Å². The zero-order chi connectivity index (χ0) is 24.4. The summed E-state index contributed by atoms with van der Waals surface area (Å²) < 4.78 is 5.76. The second-order valence-corrected chi connectivity index (χ2v) is 12.4. The van der Waals surface area contributed by atoms with Gasteiger partial charge < -0.3 is 20.1 Å². The molecule has 2 aliphatic heterocycles. The van der Waals surface area contributed by atoms with Crippen LogP contribution in [0, 0.1) is 5.41 Å². The minimum atomic E-state index is -0.428. The predicted molar refractivity (Wildman–Crippen MR) is 139 cm³/mol. The van der Waals surface area contributed by atoms with Crippen LogP contribution in [-0.4, -0.2) is 35.8 Å². The third kappa shape index (κ3) is 4.22. The summed E-state index contributed by atoms with van der Waals surface area (Å²) in [5.41, 5.74) is 5.12. The van der Waals surface area contributed by atoms with Gasteiger partial charge in [-0.05, 0) is 91.3 Å². The van der Waals surface area contributed by atoms with Crippen LogP contribution in [0.1, 0.15) is 76.0 Å². The molecule has 0 spiro atoms. The number of hydrogen-bond donors (Lipinski definition) is 2. The van der Waals surface area contributed by atoms with Crippen molar-refractivity contribution >= 4 is 17.3 Å². The summed E-state index contributed by atoms with van der Waals surface area (Å²) in [7, 11) is 0. The zero-order valence-corrected chi connectivity index (χ0v) is 21.3. The number of carbonyl (C=O) groups excluding carboxylic acids is 1. The SMILES string of the molecule is CC(C)(C)C1Cc2cc(NC(=O)C3(c4ccc5c(c4)OCC5)CC3)ccc2N1CCCC1(O)CC1. The molecule has 1 amide bonds. The van der Waals surface area contributed by atoms with Crippen molar-refractivity contribution in [1.82, 2.24) is 0 Å². The maximum atomic E-state index is 13.4. The van der Waals surface area contributed by atoms with E-state index in [0.717, 1.165) is 81.5 Å². The van der Waals surface area contributed by atoms with Crippen LogP contribution in [0.15, 0.2) is 36.4 Å². The minimum Gasteiger partial charge on any atom is -0.493 e. The second-order valence-electron chi connectivity index (χ2n) is 12.4. The summed E-state index contributed by atoms with van der Waals surface area (Å²) in [5.74, 6) is 1.04. The topological polar surface area (TPSA) is 61.8 Å². The van der Waals surface area contributed by atoms with Crippen LogP contribution in [0.4, 0.5) is 11.4 Å². The van der Waals surface area contributed by atoms with Crippen molar-refractivity contribution in [2.24, 2.45) is 5.41 Å². The van der Waals surface area contributed by atoms with E-state index in [1.54, 1.807) is 0 Å². The lowest BCUT2D eigenvalue weighted by atomic mass is 9.84. The number of rotatable bonds is 7. The standard InChI is InChI=1S/C30H38N2O3/c1-28(2,3)26-18-21-17-23(7-8-24(21)32(26)15-4-10-29(34)11-12-29)31-27(33)30(13-14-30)22-6-5-20-9-16-35-25(20)19-22/h5-8,17,19,26,34H,4,9-16,18H2,1-3H3,(H,31,33). The smallest absolute Gasteiger partial charge is 0.235 e. The van der Waals surface area contributed by atoms with Crippen molar-refractivity contribution < 1.29 is 14.6 Å². The summed E-state index contributed by atoms with van der Waals surface area (Å²) in [6.07, 6.45) is 7.51. The highest BCUT2D eigenvalue weighted by Crippen LogP contribution is 2.51. The molecule has 4 aliphatic rings. The van der Waals surface area contributed by atoms with E-state index in [1.807, 2.05) is 0 Å². The maximum Gasteiger partial charge on any atom is 0.235 e. The van der Waals surface area contributed by atoms with Crippen LogP contribution in [-0.2, 0) is 23.1 Å². The van der Waals surface area contributed by atoms with Gasteiger partial charge in [0.2, 0.25) is 5.91 Å². The molecule has 2 heterocycles. The minimum absolute atomic E-state index is 0.0929. The van der Waals surface area contributed by atoms with Crippen molar-refractivity contribution in [3.05, 3.63) is 53.1 Å². The number of nitrogens with one attached hydrogen (secondary N) is 1. The molecule has 0 radical (unpaired) electrons. The Bertz CT molecular complexity index is 1160. The first-order valence-electron chi connectivity index (χ1n) is 13.4. The molecule has 2 saturated carbocycles. The van der Waals surface area contributed by atoms with Gasteiger partial charge in [-0.25, -0.2) is 0 Å². The molecular weight excluding hydrogens is 436 g/mol. The number of nitrogens with zero attached hydrogens (tertiary/aromatic N) is 1. The largest absolute Gasteiger partial charge is 0.493 e. The van der Waals surface area contributed by atoms with Crippen LogP contribution < -0.4 is 15.0 Å². The number of ether oxygens (including phenoxy) is 1. The molecule has 0 bridgehead atoms. The summed E-state index contributed by atoms with van der Waals surface area (Å²) >= 11 is 0. The highest BCUT2D eigenvalue weighted by molar-refractivity contribution is 6.01. The van der Waals surface area contributed by atoms with Gasteiger partial charge in [-0.15, -0.1) is 0 Å². The van der Waals surface area contributed by atoms with E-state index < -0.39 is 11.0 Å². The lowest BCUT2D eigenvalue weighted by Crippen LogP contribution is -2.42. The Morgan fingerprint density at radius 2 is 1.91 bits per heavy atom. The summed E-state index contributed by atoms with van der Waals surface area (Å²) in [5, 5.41) is 13.5. The van der Waals surface area contributed by atoms with Gasteiger partial charge in [0.1, 0.15) is 5.75 Å². The quantitative estimate of drug-likeness (QED) is 0.566. The average Bonchev–Trinajstić information content (AvgIpc) is 3.68. The van der Waals surface area contributed by atoms with Gasteiger partial charge in [0.05, 0.1) is 17.6 Å². The number of amides is 1. The van der Waals surface area contributed by atoms with Crippen molar-refractivity contribution in [3.63, 3.8) is 0 Å². The van der Waals surface area contributed by atoms with Gasteiger partial charge >= 0.3 is 0 Å². The van der Waals surface area contributed by atoms with E-state index in [2.05, 4.69) is 67.4 Å². The molecular formula is C30H38N2O3. The van der Waals surface area contributed by atoms with Gasteiger partial charge in [0, 0.05) is 30.4 Å². The third-order valence-electron chi connectivity index (χ3n) is 8.74. The molecule has 35 heavy (non-hydrogen) atoms. The molecule has 5 nitrogen and oxygen atoms in total. The molecule has 0 saturated heterocycles. The van der Waals surface area contributed by atoms with Crippen LogP contribution in [0.2, 0.25) is 0 Å². The molecule has 2 aromatic carbocycles. The molecule has 1 atom stereocenters. The number of carbonyl (C=O) groups is 1. The van der Waals surface area contributed by atoms with E-state index >= 15 is 0 Å². The Hall–Kier alpha value is -2.53. The highest BCUT2D eigenvalue weighted by Gasteiger charge is 2.51. The molecule has 2 N–H and O–H groups in total. The van der Waals surface area contributed by atoms with Gasteiger partial charge in [-0.2, -0.15) is 0 Å². The third-order valence-corrected chi connectivity index (χ3v) is 8.74.